The summed E-state index contributed by atoms with van der Waals surface area (Å²) in [5.74, 6) is -1.11. The zero-order valence-electron chi connectivity index (χ0n) is 21.0. The molecule has 1 aliphatic carbocycles. The number of anilines is 1. The molecule has 3 heterocycles. The first-order chi connectivity index (χ1) is 18.1. The van der Waals surface area contributed by atoms with E-state index in [0.29, 0.717) is 32.0 Å². The first-order valence-corrected chi connectivity index (χ1v) is 13.8. The number of carbonyl (C=O) groups excluding carboxylic acids is 2. The molecule has 0 radical (unpaired) electrons. The molecule has 3 fully saturated rings. The molecule has 0 unspecified atom stereocenters. The van der Waals surface area contributed by atoms with E-state index < -0.39 is 23.2 Å². The maximum Gasteiger partial charge on any atom is 0.416 e. The predicted molar refractivity (Wildman–Crippen MR) is 137 cm³/mol. The highest BCUT2D eigenvalue weighted by Crippen LogP contribution is 2.43. The van der Waals surface area contributed by atoms with E-state index in [1.807, 2.05) is 6.20 Å². The van der Waals surface area contributed by atoms with E-state index in [4.69, 9.17) is 0 Å². The number of carbonyl (C=O) groups is 2. The van der Waals surface area contributed by atoms with Crippen LogP contribution in [0.15, 0.2) is 30.5 Å². The molecule has 1 aromatic carbocycles. The lowest BCUT2D eigenvalue weighted by atomic mass is 9.80. The quantitative estimate of drug-likeness (QED) is 0.489. The van der Waals surface area contributed by atoms with E-state index in [2.05, 4.69) is 25.4 Å². The molecular formula is C26H32F3N5O3S. The summed E-state index contributed by atoms with van der Waals surface area (Å²) in [6, 6.07) is 4.40. The highest BCUT2D eigenvalue weighted by atomic mass is 32.1. The Labute approximate surface area is 223 Å². The maximum absolute atomic E-state index is 12.9. The highest BCUT2D eigenvalue weighted by molar-refractivity contribution is 7.15. The summed E-state index contributed by atoms with van der Waals surface area (Å²) in [4.78, 5) is 34.5. The summed E-state index contributed by atoms with van der Waals surface area (Å²) >= 11 is 1.60. The van der Waals surface area contributed by atoms with E-state index in [1.54, 1.807) is 11.3 Å². The van der Waals surface area contributed by atoms with Gasteiger partial charge in [-0.15, -0.1) is 0 Å². The van der Waals surface area contributed by atoms with E-state index >= 15 is 0 Å². The summed E-state index contributed by atoms with van der Waals surface area (Å²) in [5.41, 5.74) is -1.89. The van der Waals surface area contributed by atoms with Gasteiger partial charge in [0.1, 0.15) is 5.60 Å². The van der Waals surface area contributed by atoms with Crippen LogP contribution < -0.4 is 15.5 Å². The van der Waals surface area contributed by atoms with Crippen molar-refractivity contribution >= 4 is 28.3 Å². The van der Waals surface area contributed by atoms with Gasteiger partial charge in [0.15, 0.2) is 5.13 Å². The Morgan fingerprint density at radius 1 is 1.16 bits per heavy atom. The molecule has 12 heteroatoms. The smallest absolute Gasteiger partial charge is 0.384 e. The van der Waals surface area contributed by atoms with Crippen molar-refractivity contribution in [3.05, 3.63) is 46.5 Å². The molecule has 8 nitrogen and oxygen atoms in total. The van der Waals surface area contributed by atoms with Crippen LogP contribution in [-0.4, -0.2) is 71.6 Å². The first-order valence-electron chi connectivity index (χ1n) is 13.0. The van der Waals surface area contributed by atoms with Crippen LogP contribution in [-0.2, 0) is 16.6 Å². The Bertz CT molecular complexity index is 1150. The van der Waals surface area contributed by atoms with Crippen molar-refractivity contribution in [3.8, 4) is 0 Å². The number of aliphatic hydroxyl groups is 1. The standard InChI is InChI=1S/C26H32F3N5O3S/c27-26(28,29)18-5-3-4-17(12-18)23(36)30-14-22(35)32-19-15-34(16-19)20-6-8-25(37,9-7-20)21-13-31-24(38-21)33-10-1-2-11-33/h3-5,12-13,19-20,37H,1-2,6-11,14-16H2,(H,30,36)(H,32,35). The molecule has 5 rings (SSSR count). The Morgan fingerprint density at radius 2 is 1.87 bits per heavy atom. The number of rotatable bonds is 7. The number of hydrogen-bond donors (Lipinski definition) is 3. The van der Waals surface area contributed by atoms with E-state index in [-0.39, 0.29) is 24.1 Å². The summed E-state index contributed by atoms with van der Waals surface area (Å²) in [6.07, 6.45) is 2.74. The number of benzene rings is 1. The number of nitrogens with zero attached hydrogens (tertiary/aromatic N) is 3. The lowest BCUT2D eigenvalue weighted by Crippen LogP contribution is -2.63. The Hall–Kier alpha value is -2.70. The van der Waals surface area contributed by atoms with Gasteiger partial charge in [0.25, 0.3) is 5.91 Å². The number of alkyl halides is 3. The highest BCUT2D eigenvalue weighted by Gasteiger charge is 2.41. The lowest BCUT2D eigenvalue weighted by Gasteiger charge is -2.48. The van der Waals surface area contributed by atoms with Crippen LogP contribution in [0.3, 0.4) is 0 Å². The molecule has 0 bridgehead atoms. The monoisotopic (exact) mass is 551 g/mol. The Kier molecular flexibility index (Phi) is 7.65. The molecule has 3 N–H and O–H groups in total. The predicted octanol–water partition coefficient (Wildman–Crippen LogP) is 3.12. The van der Waals surface area contributed by atoms with Gasteiger partial charge in [-0.25, -0.2) is 4.98 Å². The molecule has 38 heavy (non-hydrogen) atoms. The van der Waals surface area contributed by atoms with Gasteiger partial charge in [-0.05, 0) is 56.7 Å². The summed E-state index contributed by atoms with van der Waals surface area (Å²) in [7, 11) is 0. The molecule has 0 atom stereocenters. The van der Waals surface area contributed by atoms with Crippen molar-refractivity contribution < 1.29 is 27.9 Å². The average molecular weight is 552 g/mol. The van der Waals surface area contributed by atoms with Crippen molar-refractivity contribution in [3.63, 3.8) is 0 Å². The minimum absolute atomic E-state index is 0.0433. The van der Waals surface area contributed by atoms with Crippen LogP contribution in [0, 0.1) is 0 Å². The molecule has 1 saturated carbocycles. The van der Waals surface area contributed by atoms with Crippen LogP contribution in [0.5, 0.6) is 0 Å². The first kappa shape index (κ1) is 26.9. The van der Waals surface area contributed by atoms with E-state index in [9.17, 15) is 27.9 Å². The SMILES string of the molecule is O=C(CNC(=O)c1cccc(C(F)(F)F)c1)NC1CN(C2CCC(O)(c3cnc(N4CCCC4)s3)CC2)C1. The summed E-state index contributed by atoms with van der Waals surface area (Å²) in [6.45, 7) is 3.13. The van der Waals surface area contributed by atoms with Crippen LogP contribution in [0.25, 0.3) is 0 Å². The zero-order chi connectivity index (χ0) is 26.9. The van der Waals surface area contributed by atoms with Gasteiger partial charge in [-0.1, -0.05) is 17.4 Å². The van der Waals surface area contributed by atoms with Gasteiger partial charge in [0, 0.05) is 44.0 Å². The Morgan fingerprint density at radius 3 is 2.55 bits per heavy atom. The Balaban J connectivity index is 1.02. The van der Waals surface area contributed by atoms with Crippen LogP contribution >= 0.6 is 11.3 Å². The van der Waals surface area contributed by atoms with E-state index in [1.165, 1.54) is 18.9 Å². The van der Waals surface area contributed by atoms with Crippen LogP contribution in [0.4, 0.5) is 18.3 Å². The fourth-order valence-electron chi connectivity index (χ4n) is 5.51. The molecule has 0 spiro atoms. The van der Waals surface area contributed by atoms with Crippen LogP contribution in [0.2, 0.25) is 0 Å². The van der Waals surface area contributed by atoms with Gasteiger partial charge >= 0.3 is 6.18 Å². The number of hydrogen-bond acceptors (Lipinski definition) is 7. The summed E-state index contributed by atoms with van der Waals surface area (Å²) in [5, 5.41) is 17.5. The third-order valence-electron chi connectivity index (χ3n) is 7.76. The molecule has 2 amide bonds. The largest absolute Gasteiger partial charge is 0.416 e. The van der Waals surface area contributed by atoms with Crippen molar-refractivity contribution in [2.45, 2.75) is 62.4 Å². The zero-order valence-corrected chi connectivity index (χ0v) is 21.8. The number of nitrogens with one attached hydrogen (secondary N) is 2. The number of likely N-dealkylation sites (tertiary alicyclic amines) is 1. The molecule has 2 aliphatic heterocycles. The molecule has 2 saturated heterocycles. The fourth-order valence-corrected chi connectivity index (χ4v) is 6.62. The van der Waals surface area contributed by atoms with Crippen molar-refractivity contribution in [2.24, 2.45) is 0 Å². The minimum Gasteiger partial charge on any atom is -0.384 e. The van der Waals surface area contributed by atoms with Crippen molar-refractivity contribution in [2.75, 3.05) is 37.6 Å². The number of halogens is 3. The van der Waals surface area contributed by atoms with Crippen LogP contribution in [0.1, 0.15) is 59.3 Å². The second-order valence-corrected chi connectivity index (χ2v) is 11.5. The molecule has 3 aliphatic rings. The number of aromatic nitrogens is 1. The third-order valence-corrected chi connectivity index (χ3v) is 9.02. The molecule has 206 valence electrons. The van der Waals surface area contributed by atoms with Crippen molar-refractivity contribution in [1.29, 1.82) is 0 Å². The third kappa shape index (κ3) is 5.97. The van der Waals surface area contributed by atoms with Crippen molar-refractivity contribution in [1.82, 2.24) is 20.5 Å². The van der Waals surface area contributed by atoms with Gasteiger partial charge in [-0.3, -0.25) is 14.5 Å². The molecule has 2 aromatic rings. The van der Waals surface area contributed by atoms with Gasteiger partial charge in [-0.2, -0.15) is 13.2 Å². The fraction of sp³-hybridized carbons (Fsp3) is 0.577. The van der Waals surface area contributed by atoms with Gasteiger partial charge < -0.3 is 20.6 Å². The number of amides is 2. The van der Waals surface area contributed by atoms with E-state index in [0.717, 1.165) is 54.1 Å². The topological polar surface area (TPSA) is 97.8 Å². The lowest BCUT2D eigenvalue weighted by molar-refractivity contribution is -0.137. The minimum atomic E-state index is -4.54. The second kappa shape index (κ2) is 10.8. The molecule has 1 aromatic heterocycles. The second-order valence-electron chi connectivity index (χ2n) is 10.4. The number of thiazole rings is 1. The van der Waals surface area contributed by atoms with Gasteiger partial charge in [0.2, 0.25) is 5.91 Å². The normalized spacial score (nSPS) is 24.7. The molecular weight excluding hydrogens is 519 g/mol. The van der Waals surface area contributed by atoms with Gasteiger partial charge in [0.05, 0.1) is 23.0 Å². The maximum atomic E-state index is 12.9. The average Bonchev–Trinajstić information content (AvgIpc) is 3.58. The summed E-state index contributed by atoms with van der Waals surface area (Å²) < 4.78 is 38.6.